The standard InChI is InChI=1S/C28H25NO2S2/c30-28(29-24-15-11-22(12-16-24)21-33-27-9-5-2-6-10-27)23-13-17-25(18-14-23)31-19-20-32-26-7-3-1-4-8-26/h1-18H,19-21H2,(H,29,30). The molecule has 0 radical (unpaired) electrons. The van der Waals surface area contributed by atoms with Crippen molar-refractivity contribution in [2.75, 3.05) is 17.7 Å². The number of benzene rings is 4. The summed E-state index contributed by atoms with van der Waals surface area (Å²) in [5.74, 6) is 2.39. The van der Waals surface area contributed by atoms with Crippen LogP contribution in [0, 0.1) is 0 Å². The average Bonchev–Trinajstić information content (AvgIpc) is 2.88. The maximum Gasteiger partial charge on any atom is 0.255 e. The Morgan fingerprint density at radius 2 is 1.30 bits per heavy atom. The van der Waals surface area contributed by atoms with Crippen molar-refractivity contribution in [3.63, 3.8) is 0 Å². The Labute approximate surface area is 203 Å². The Morgan fingerprint density at radius 1 is 0.697 bits per heavy atom. The molecule has 0 heterocycles. The Balaban J connectivity index is 1.22. The first-order valence-electron chi connectivity index (χ1n) is 10.8. The summed E-state index contributed by atoms with van der Waals surface area (Å²) in [7, 11) is 0. The molecule has 0 atom stereocenters. The van der Waals surface area contributed by atoms with Crippen LogP contribution in [0.4, 0.5) is 5.69 Å². The van der Waals surface area contributed by atoms with E-state index >= 15 is 0 Å². The Morgan fingerprint density at radius 3 is 1.94 bits per heavy atom. The van der Waals surface area contributed by atoms with E-state index in [1.807, 2.05) is 60.7 Å². The van der Waals surface area contributed by atoms with E-state index in [0.717, 1.165) is 22.9 Å². The van der Waals surface area contributed by atoms with Gasteiger partial charge in [-0.25, -0.2) is 0 Å². The van der Waals surface area contributed by atoms with Crippen molar-refractivity contribution in [2.45, 2.75) is 15.5 Å². The number of amides is 1. The fourth-order valence-electron chi connectivity index (χ4n) is 3.11. The number of rotatable bonds is 10. The summed E-state index contributed by atoms with van der Waals surface area (Å²) in [6.45, 7) is 0.611. The van der Waals surface area contributed by atoms with Gasteiger partial charge in [0.1, 0.15) is 5.75 Å². The third-order valence-electron chi connectivity index (χ3n) is 4.84. The van der Waals surface area contributed by atoms with E-state index in [1.165, 1.54) is 15.4 Å². The van der Waals surface area contributed by atoms with Crippen LogP contribution in [0.1, 0.15) is 15.9 Å². The van der Waals surface area contributed by atoms with Gasteiger partial charge in [0.2, 0.25) is 0 Å². The van der Waals surface area contributed by atoms with Crippen LogP contribution >= 0.6 is 23.5 Å². The second-order valence-electron chi connectivity index (χ2n) is 7.29. The molecule has 0 aromatic heterocycles. The lowest BCUT2D eigenvalue weighted by Crippen LogP contribution is -2.11. The summed E-state index contributed by atoms with van der Waals surface area (Å²) in [5.41, 5.74) is 2.60. The van der Waals surface area contributed by atoms with Crippen molar-refractivity contribution in [3.8, 4) is 5.75 Å². The number of hydrogen-bond donors (Lipinski definition) is 1. The summed E-state index contributed by atoms with van der Waals surface area (Å²) >= 11 is 3.56. The van der Waals surface area contributed by atoms with Gasteiger partial charge in [-0.3, -0.25) is 4.79 Å². The van der Waals surface area contributed by atoms with Crippen LogP contribution in [0.5, 0.6) is 5.75 Å². The molecule has 4 rings (SSSR count). The van der Waals surface area contributed by atoms with Gasteiger partial charge in [0, 0.05) is 32.5 Å². The number of hydrogen-bond acceptors (Lipinski definition) is 4. The lowest BCUT2D eigenvalue weighted by atomic mass is 10.2. The maximum absolute atomic E-state index is 12.6. The molecule has 33 heavy (non-hydrogen) atoms. The van der Waals surface area contributed by atoms with Crippen molar-refractivity contribution in [1.82, 2.24) is 0 Å². The zero-order valence-corrected chi connectivity index (χ0v) is 19.8. The normalized spacial score (nSPS) is 10.5. The summed E-state index contributed by atoms with van der Waals surface area (Å²) in [4.78, 5) is 15.1. The first-order valence-corrected chi connectivity index (χ1v) is 12.7. The third kappa shape index (κ3) is 7.45. The highest BCUT2D eigenvalue weighted by Crippen LogP contribution is 2.23. The Hall–Kier alpha value is -3.15. The molecular formula is C28H25NO2S2. The van der Waals surface area contributed by atoms with E-state index in [-0.39, 0.29) is 5.91 Å². The molecule has 0 spiro atoms. The minimum Gasteiger partial charge on any atom is -0.493 e. The van der Waals surface area contributed by atoms with Crippen LogP contribution in [0.3, 0.4) is 0 Å². The highest BCUT2D eigenvalue weighted by molar-refractivity contribution is 7.99. The van der Waals surface area contributed by atoms with Crippen molar-refractivity contribution in [1.29, 1.82) is 0 Å². The lowest BCUT2D eigenvalue weighted by molar-refractivity contribution is 0.102. The predicted octanol–water partition coefficient (Wildman–Crippen LogP) is 7.40. The molecule has 1 N–H and O–H groups in total. The highest BCUT2D eigenvalue weighted by Gasteiger charge is 2.07. The van der Waals surface area contributed by atoms with Gasteiger partial charge in [-0.15, -0.1) is 23.5 Å². The van der Waals surface area contributed by atoms with Gasteiger partial charge in [0.05, 0.1) is 6.61 Å². The van der Waals surface area contributed by atoms with Gasteiger partial charge < -0.3 is 10.1 Å². The van der Waals surface area contributed by atoms with Crippen LogP contribution in [0.25, 0.3) is 0 Å². The van der Waals surface area contributed by atoms with E-state index in [9.17, 15) is 4.79 Å². The molecule has 0 bridgehead atoms. The van der Waals surface area contributed by atoms with E-state index in [4.69, 9.17) is 4.74 Å². The molecule has 1 amide bonds. The molecule has 0 saturated carbocycles. The summed E-state index contributed by atoms with van der Waals surface area (Å²) in [6.07, 6.45) is 0. The number of carbonyl (C=O) groups excluding carboxylic acids is 1. The summed E-state index contributed by atoms with van der Waals surface area (Å²) in [5, 5.41) is 2.96. The first kappa shape index (κ1) is 23.0. The van der Waals surface area contributed by atoms with Gasteiger partial charge in [0.15, 0.2) is 0 Å². The first-order chi connectivity index (χ1) is 16.3. The van der Waals surface area contributed by atoms with Crippen LogP contribution in [-0.4, -0.2) is 18.3 Å². The van der Waals surface area contributed by atoms with Gasteiger partial charge >= 0.3 is 0 Å². The van der Waals surface area contributed by atoms with E-state index in [2.05, 4.69) is 41.7 Å². The Bertz CT molecular complexity index is 1130. The maximum atomic E-state index is 12.6. The smallest absolute Gasteiger partial charge is 0.255 e. The fraction of sp³-hybridized carbons (Fsp3) is 0.107. The molecule has 4 aromatic carbocycles. The average molecular weight is 472 g/mol. The highest BCUT2D eigenvalue weighted by atomic mass is 32.2. The molecule has 0 aliphatic carbocycles. The molecule has 0 fully saturated rings. The van der Waals surface area contributed by atoms with Crippen molar-refractivity contribution < 1.29 is 9.53 Å². The molecule has 0 unspecified atom stereocenters. The second kappa shape index (κ2) is 12.2. The van der Waals surface area contributed by atoms with Crippen molar-refractivity contribution >= 4 is 35.1 Å². The molecule has 0 aliphatic rings. The predicted molar refractivity (Wildman–Crippen MR) is 140 cm³/mol. The van der Waals surface area contributed by atoms with Crippen LogP contribution in [0.15, 0.2) is 119 Å². The van der Waals surface area contributed by atoms with Gasteiger partial charge in [0.25, 0.3) is 5.91 Å². The summed E-state index contributed by atoms with van der Waals surface area (Å²) < 4.78 is 5.79. The quantitative estimate of drug-likeness (QED) is 0.193. The van der Waals surface area contributed by atoms with Crippen LogP contribution < -0.4 is 10.1 Å². The molecular weight excluding hydrogens is 446 g/mol. The van der Waals surface area contributed by atoms with E-state index in [1.54, 1.807) is 35.7 Å². The number of thioether (sulfide) groups is 2. The number of carbonyl (C=O) groups is 1. The molecule has 0 aliphatic heterocycles. The van der Waals surface area contributed by atoms with Crippen molar-refractivity contribution in [2.24, 2.45) is 0 Å². The minimum atomic E-state index is -0.132. The Kier molecular flexibility index (Phi) is 8.50. The third-order valence-corrected chi connectivity index (χ3v) is 6.90. The number of ether oxygens (including phenoxy) is 1. The fourth-order valence-corrected chi connectivity index (χ4v) is 4.74. The van der Waals surface area contributed by atoms with E-state index in [0.29, 0.717) is 12.2 Å². The van der Waals surface area contributed by atoms with Gasteiger partial charge in [-0.05, 0) is 66.2 Å². The van der Waals surface area contributed by atoms with E-state index < -0.39 is 0 Å². The molecule has 0 saturated heterocycles. The van der Waals surface area contributed by atoms with Crippen LogP contribution in [-0.2, 0) is 5.75 Å². The van der Waals surface area contributed by atoms with Crippen LogP contribution in [0.2, 0.25) is 0 Å². The molecule has 166 valence electrons. The zero-order valence-electron chi connectivity index (χ0n) is 18.1. The number of anilines is 1. The summed E-state index contributed by atoms with van der Waals surface area (Å²) in [6, 6.07) is 35.9. The molecule has 3 nitrogen and oxygen atoms in total. The zero-order chi connectivity index (χ0) is 22.7. The SMILES string of the molecule is O=C(Nc1ccc(CSc2ccccc2)cc1)c1ccc(OCCSc2ccccc2)cc1. The minimum absolute atomic E-state index is 0.132. The monoisotopic (exact) mass is 471 g/mol. The van der Waals surface area contributed by atoms with Gasteiger partial charge in [-0.1, -0.05) is 48.5 Å². The van der Waals surface area contributed by atoms with Crippen molar-refractivity contribution in [3.05, 3.63) is 120 Å². The lowest BCUT2D eigenvalue weighted by Gasteiger charge is -2.09. The largest absolute Gasteiger partial charge is 0.493 e. The molecule has 5 heteroatoms. The second-order valence-corrected chi connectivity index (χ2v) is 9.50. The molecule has 4 aromatic rings. The van der Waals surface area contributed by atoms with Gasteiger partial charge in [-0.2, -0.15) is 0 Å². The topological polar surface area (TPSA) is 38.3 Å². The number of nitrogens with one attached hydrogen (secondary N) is 1.